The van der Waals surface area contributed by atoms with Gasteiger partial charge in [-0.1, -0.05) is 0 Å². The van der Waals surface area contributed by atoms with E-state index in [1.807, 2.05) is 13.8 Å². The van der Waals surface area contributed by atoms with Crippen LogP contribution in [0.1, 0.15) is 24.2 Å². The summed E-state index contributed by atoms with van der Waals surface area (Å²) in [6.07, 6.45) is 1.46. The summed E-state index contributed by atoms with van der Waals surface area (Å²) < 4.78 is 5.38. The third-order valence-electron chi connectivity index (χ3n) is 2.93. The Morgan fingerprint density at radius 1 is 1.35 bits per heavy atom. The van der Waals surface area contributed by atoms with Crippen LogP contribution in [0.5, 0.6) is 0 Å². The molecule has 0 radical (unpaired) electrons. The molecule has 1 aliphatic rings. The maximum absolute atomic E-state index is 12.3. The molecule has 5 nitrogen and oxygen atoms in total. The Labute approximate surface area is 99.4 Å². The van der Waals surface area contributed by atoms with E-state index in [9.17, 15) is 9.59 Å². The third kappa shape index (κ3) is 2.39. The van der Waals surface area contributed by atoms with Gasteiger partial charge in [0.15, 0.2) is 0 Å². The zero-order valence-corrected chi connectivity index (χ0v) is 9.97. The largest absolute Gasteiger partial charge is 0.377 e. The molecule has 0 aromatic carbocycles. The molecule has 0 bridgehead atoms. The number of pyridine rings is 1. The van der Waals surface area contributed by atoms with Crippen molar-refractivity contribution >= 4 is 5.91 Å². The molecular weight excluding hydrogens is 220 g/mol. The Kier molecular flexibility index (Phi) is 3.28. The number of rotatable bonds is 1. The lowest BCUT2D eigenvalue weighted by Gasteiger charge is -2.38. The Morgan fingerprint density at radius 3 is 2.53 bits per heavy atom. The van der Waals surface area contributed by atoms with Crippen LogP contribution in [0.15, 0.2) is 23.1 Å². The maximum atomic E-state index is 12.3. The molecule has 0 spiro atoms. The van der Waals surface area contributed by atoms with Gasteiger partial charge in [0.05, 0.1) is 30.9 Å². The minimum Gasteiger partial charge on any atom is -0.377 e. The summed E-state index contributed by atoms with van der Waals surface area (Å²) in [7, 11) is 0. The number of carbonyl (C=O) groups is 1. The fourth-order valence-electron chi connectivity index (χ4n) is 2.10. The molecule has 17 heavy (non-hydrogen) atoms. The van der Waals surface area contributed by atoms with E-state index in [1.165, 1.54) is 12.3 Å². The number of amides is 1. The zero-order valence-electron chi connectivity index (χ0n) is 9.97. The van der Waals surface area contributed by atoms with Crippen LogP contribution in [0.4, 0.5) is 0 Å². The van der Waals surface area contributed by atoms with Crippen molar-refractivity contribution in [1.82, 2.24) is 9.88 Å². The summed E-state index contributed by atoms with van der Waals surface area (Å²) in [6.45, 7) is 5.03. The number of nitrogens with one attached hydrogen (secondary N) is 1. The molecule has 0 aliphatic carbocycles. The van der Waals surface area contributed by atoms with Gasteiger partial charge in [0.25, 0.3) is 5.91 Å². The molecule has 1 amide bonds. The molecule has 2 rings (SSSR count). The van der Waals surface area contributed by atoms with E-state index in [4.69, 9.17) is 4.74 Å². The van der Waals surface area contributed by atoms with Crippen molar-refractivity contribution in [3.05, 3.63) is 34.2 Å². The van der Waals surface area contributed by atoms with Crippen LogP contribution in [-0.2, 0) is 4.74 Å². The summed E-state index contributed by atoms with van der Waals surface area (Å²) in [6, 6.07) is 3.02. The molecule has 1 aromatic heterocycles. The zero-order chi connectivity index (χ0) is 12.4. The second kappa shape index (κ2) is 4.71. The van der Waals surface area contributed by atoms with Gasteiger partial charge >= 0.3 is 0 Å². The van der Waals surface area contributed by atoms with Gasteiger partial charge < -0.3 is 14.6 Å². The van der Waals surface area contributed by atoms with Gasteiger partial charge in [0.2, 0.25) is 5.56 Å². The smallest absolute Gasteiger partial charge is 0.255 e. The van der Waals surface area contributed by atoms with Gasteiger partial charge in [-0.3, -0.25) is 9.59 Å². The number of carbonyl (C=O) groups excluding carboxylic acids is 1. The highest BCUT2D eigenvalue weighted by Crippen LogP contribution is 2.16. The number of aromatic amines is 1. The Balaban J connectivity index is 2.23. The number of nitrogens with zero attached hydrogens (tertiary/aromatic N) is 1. The molecule has 2 unspecified atom stereocenters. The second-order valence-corrected chi connectivity index (χ2v) is 4.39. The van der Waals surface area contributed by atoms with Crippen LogP contribution < -0.4 is 5.56 Å². The number of hydrogen-bond acceptors (Lipinski definition) is 3. The highest BCUT2D eigenvalue weighted by Gasteiger charge is 2.30. The molecule has 1 saturated heterocycles. The molecule has 2 heterocycles. The van der Waals surface area contributed by atoms with Crippen molar-refractivity contribution in [2.75, 3.05) is 13.2 Å². The monoisotopic (exact) mass is 236 g/mol. The van der Waals surface area contributed by atoms with E-state index in [2.05, 4.69) is 4.98 Å². The first kappa shape index (κ1) is 11.9. The van der Waals surface area contributed by atoms with E-state index < -0.39 is 0 Å². The first-order valence-electron chi connectivity index (χ1n) is 5.68. The van der Waals surface area contributed by atoms with E-state index in [-0.39, 0.29) is 23.6 Å². The van der Waals surface area contributed by atoms with Crippen LogP contribution in [0.2, 0.25) is 0 Å². The standard InChI is InChI=1S/C12H16N2O3/c1-8-6-17-7-9(2)14(8)12(16)10-3-4-11(15)13-5-10/h3-5,8-9H,6-7H2,1-2H3,(H,13,15). The average molecular weight is 236 g/mol. The lowest BCUT2D eigenvalue weighted by Crippen LogP contribution is -2.52. The SMILES string of the molecule is CC1COCC(C)N1C(=O)c1ccc(=O)[nH]c1. The Morgan fingerprint density at radius 2 is 2.00 bits per heavy atom. The van der Waals surface area contributed by atoms with Crippen molar-refractivity contribution in [2.45, 2.75) is 25.9 Å². The molecule has 1 N–H and O–H groups in total. The highest BCUT2D eigenvalue weighted by molar-refractivity contribution is 5.94. The van der Waals surface area contributed by atoms with E-state index in [1.54, 1.807) is 11.0 Å². The van der Waals surface area contributed by atoms with Gasteiger partial charge in [-0.25, -0.2) is 0 Å². The van der Waals surface area contributed by atoms with Gasteiger partial charge in [0, 0.05) is 12.3 Å². The first-order valence-corrected chi connectivity index (χ1v) is 5.68. The molecule has 1 aliphatic heterocycles. The van der Waals surface area contributed by atoms with Crippen molar-refractivity contribution in [2.24, 2.45) is 0 Å². The van der Waals surface area contributed by atoms with Crippen LogP contribution in [0, 0.1) is 0 Å². The summed E-state index contributed by atoms with van der Waals surface area (Å²) >= 11 is 0. The fraction of sp³-hybridized carbons (Fsp3) is 0.500. The number of morpholine rings is 1. The van der Waals surface area contributed by atoms with Crippen molar-refractivity contribution in [3.8, 4) is 0 Å². The predicted octanol–water partition coefficient (Wildman–Crippen LogP) is 0.624. The van der Waals surface area contributed by atoms with Crippen molar-refractivity contribution in [1.29, 1.82) is 0 Å². The minimum atomic E-state index is -0.204. The van der Waals surface area contributed by atoms with Crippen LogP contribution in [-0.4, -0.2) is 41.1 Å². The molecular formula is C12H16N2O3. The lowest BCUT2D eigenvalue weighted by atomic mass is 10.1. The number of aromatic nitrogens is 1. The maximum Gasteiger partial charge on any atom is 0.255 e. The minimum absolute atomic E-state index is 0.0539. The van der Waals surface area contributed by atoms with Gasteiger partial charge in [-0.05, 0) is 19.9 Å². The molecule has 0 saturated carbocycles. The van der Waals surface area contributed by atoms with Gasteiger partial charge in [0.1, 0.15) is 0 Å². The summed E-state index contributed by atoms with van der Waals surface area (Å²) in [5.41, 5.74) is 0.301. The van der Waals surface area contributed by atoms with Gasteiger partial charge in [-0.15, -0.1) is 0 Å². The molecule has 1 fully saturated rings. The molecule has 1 aromatic rings. The fourth-order valence-corrected chi connectivity index (χ4v) is 2.10. The number of H-pyrrole nitrogens is 1. The van der Waals surface area contributed by atoms with E-state index in [0.29, 0.717) is 18.8 Å². The third-order valence-corrected chi connectivity index (χ3v) is 2.93. The average Bonchev–Trinajstić information content (AvgIpc) is 2.29. The number of ether oxygens (including phenoxy) is 1. The van der Waals surface area contributed by atoms with Crippen LogP contribution in [0.3, 0.4) is 0 Å². The first-order chi connectivity index (χ1) is 8.09. The molecule has 92 valence electrons. The lowest BCUT2D eigenvalue weighted by molar-refractivity contribution is -0.0249. The molecule has 5 heteroatoms. The van der Waals surface area contributed by atoms with E-state index in [0.717, 1.165) is 0 Å². The summed E-state index contributed by atoms with van der Waals surface area (Å²) in [5, 5.41) is 0. The predicted molar refractivity (Wildman–Crippen MR) is 63.0 cm³/mol. The topological polar surface area (TPSA) is 62.4 Å². The van der Waals surface area contributed by atoms with E-state index >= 15 is 0 Å². The van der Waals surface area contributed by atoms with Crippen LogP contribution >= 0.6 is 0 Å². The van der Waals surface area contributed by atoms with Crippen molar-refractivity contribution in [3.63, 3.8) is 0 Å². The number of hydrogen-bond donors (Lipinski definition) is 1. The summed E-state index contributed by atoms with van der Waals surface area (Å²) in [4.78, 5) is 27.5. The Bertz CT molecular complexity index is 439. The van der Waals surface area contributed by atoms with Crippen LogP contribution in [0.25, 0.3) is 0 Å². The second-order valence-electron chi connectivity index (χ2n) is 4.39. The molecule has 2 atom stereocenters. The normalized spacial score (nSPS) is 24.7. The Hall–Kier alpha value is -1.62. The quantitative estimate of drug-likeness (QED) is 0.777. The van der Waals surface area contributed by atoms with Gasteiger partial charge in [-0.2, -0.15) is 0 Å². The highest BCUT2D eigenvalue weighted by atomic mass is 16.5. The van der Waals surface area contributed by atoms with Crippen molar-refractivity contribution < 1.29 is 9.53 Å². The summed E-state index contributed by atoms with van der Waals surface area (Å²) in [5.74, 6) is -0.0652.